The van der Waals surface area contributed by atoms with Crippen molar-refractivity contribution in [2.75, 3.05) is 43.1 Å². The summed E-state index contributed by atoms with van der Waals surface area (Å²) in [4.78, 5) is 12.0. The lowest BCUT2D eigenvalue weighted by Gasteiger charge is -2.33. The van der Waals surface area contributed by atoms with Crippen LogP contribution in [0.4, 0.5) is 11.8 Å². The lowest BCUT2D eigenvalue weighted by Crippen LogP contribution is -2.41. The van der Waals surface area contributed by atoms with Crippen molar-refractivity contribution in [2.24, 2.45) is 24.8 Å². The van der Waals surface area contributed by atoms with Crippen molar-refractivity contribution in [2.45, 2.75) is 45.6 Å². The molecule has 166 valence electrons. The standard InChI is InChI=1S/C21H33BrN6O2/c1-13(2)12-30-16-5-4-8-28(10-16)21-24-17-18(27(3)26-19(17)22)20(25-21)23-9-15(11-29)14-6-7-14/h13-16,29H,4-12H2,1-3H3,(H,23,24,25). The Morgan fingerprint density at radius 2 is 2.07 bits per heavy atom. The molecule has 2 N–H and O–H groups in total. The highest BCUT2D eigenvalue weighted by molar-refractivity contribution is 9.10. The molecule has 0 spiro atoms. The number of nitrogens with zero attached hydrogens (tertiary/aromatic N) is 5. The van der Waals surface area contributed by atoms with Crippen molar-refractivity contribution >= 4 is 38.7 Å². The first-order valence-electron chi connectivity index (χ1n) is 11.1. The summed E-state index contributed by atoms with van der Waals surface area (Å²) < 4.78 is 8.63. The van der Waals surface area contributed by atoms with Crippen LogP contribution in [0, 0.1) is 17.8 Å². The molecule has 4 rings (SSSR count). The second-order valence-electron chi connectivity index (χ2n) is 9.08. The minimum absolute atomic E-state index is 0.203. The van der Waals surface area contributed by atoms with E-state index in [-0.39, 0.29) is 18.6 Å². The van der Waals surface area contributed by atoms with Gasteiger partial charge in [-0.2, -0.15) is 10.1 Å². The number of halogens is 1. The van der Waals surface area contributed by atoms with E-state index in [0.717, 1.165) is 54.0 Å². The Morgan fingerprint density at radius 1 is 1.27 bits per heavy atom. The summed E-state index contributed by atoms with van der Waals surface area (Å²) >= 11 is 3.56. The predicted octanol–water partition coefficient (Wildman–Crippen LogP) is 3.20. The zero-order valence-electron chi connectivity index (χ0n) is 18.1. The van der Waals surface area contributed by atoms with Gasteiger partial charge in [-0.05, 0) is 53.4 Å². The van der Waals surface area contributed by atoms with Crippen LogP contribution in [0.25, 0.3) is 11.0 Å². The maximum Gasteiger partial charge on any atom is 0.228 e. The van der Waals surface area contributed by atoms with Crippen LogP contribution in [-0.2, 0) is 11.8 Å². The van der Waals surface area contributed by atoms with Crippen molar-refractivity contribution in [3.8, 4) is 0 Å². The minimum Gasteiger partial charge on any atom is -0.396 e. The zero-order chi connectivity index (χ0) is 21.3. The van der Waals surface area contributed by atoms with E-state index in [1.165, 1.54) is 12.8 Å². The van der Waals surface area contributed by atoms with Crippen molar-refractivity contribution in [3.05, 3.63) is 4.60 Å². The average Bonchev–Trinajstić information content (AvgIpc) is 3.53. The van der Waals surface area contributed by atoms with E-state index >= 15 is 0 Å². The van der Waals surface area contributed by atoms with Crippen LogP contribution in [0.3, 0.4) is 0 Å². The second kappa shape index (κ2) is 9.36. The van der Waals surface area contributed by atoms with Gasteiger partial charge in [-0.25, -0.2) is 4.98 Å². The van der Waals surface area contributed by atoms with Crippen LogP contribution in [0.1, 0.15) is 39.5 Å². The molecule has 2 atom stereocenters. The van der Waals surface area contributed by atoms with Crippen molar-refractivity contribution in [3.63, 3.8) is 0 Å². The van der Waals surface area contributed by atoms with Crippen LogP contribution < -0.4 is 10.2 Å². The Bertz CT molecular complexity index is 869. The molecule has 1 saturated carbocycles. The number of piperidine rings is 1. The number of ether oxygens (including phenoxy) is 1. The maximum atomic E-state index is 9.74. The number of hydrogen-bond acceptors (Lipinski definition) is 7. The summed E-state index contributed by atoms with van der Waals surface area (Å²) in [7, 11) is 1.91. The summed E-state index contributed by atoms with van der Waals surface area (Å²) in [6.07, 6.45) is 4.77. The third kappa shape index (κ3) is 4.89. The van der Waals surface area contributed by atoms with Gasteiger partial charge in [-0.15, -0.1) is 0 Å². The molecule has 2 fully saturated rings. The van der Waals surface area contributed by atoms with E-state index in [4.69, 9.17) is 14.7 Å². The number of hydrogen-bond donors (Lipinski definition) is 2. The number of aryl methyl sites for hydroxylation is 1. The molecule has 0 aromatic carbocycles. The molecule has 9 heteroatoms. The van der Waals surface area contributed by atoms with Gasteiger partial charge in [0.25, 0.3) is 0 Å². The molecule has 3 heterocycles. The molecule has 0 radical (unpaired) electrons. The van der Waals surface area contributed by atoms with Crippen molar-refractivity contribution < 1.29 is 9.84 Å². The van der Waals surface area contributed by atoms with Gasteiger partial charge < -0.3 is 20.1 Å². The lowest BCUT2D eigenvalue weighted by molar-refractivity contribution is 0.0273. The van der Waals surface area contributed by atoms with E-state index in [1.807, 2.05) is 7.05 Å². The van der Waals surface area contributed by atoms with Gasteiger partial charge in [0.15, 0.2) is 10.4 Å². The van der Waals surface area contributed by atoms with E-state index in [0.29, 0.717) is 24.3 Å². The summed E-state index contributed by atoms with van der Waals surface area (Å²) in [5.74, 6) is 2.90. The Balaban J connectivity index is 1.57. The second-order valence-corrected chi connectivity index (χ2v) is 9.83. The fraction of sp³-hybridized carbons (Fsp3) is 0.762. The monoisotopic (exact) mass is 480 g/mol. The van der Waals surface area contributed by atoms with E-state index in [1.54, 1.807) is 4.68 Å². The Morgan fingerprint density at radius 3 is 2.77 bits per heavy atom. The Labute approximate surface area is 186 Å². The largest absolute Gasteiger partial charge is 0.396 e. The summed E-state index contributed by atoms with van der Waals surface area (Å²) in [6, 6.07) is 0. The first kappa shape index (κ1) is 21.8. The molecule has 1 aliphatic heterocycles. The van der Waals surface area contributed by atoms with Crippen LogP contribution in [0.15, 0.2) is 4.60 Å². The number of aliphatic hydroxyl groups excluding tert-OH is 1. The van der Waals surface area contributed by atoms with E-state index in [9.17, 15) is 5.11 Å². The van der Waals surface area contributed by atoms with Gasteiger partial charge in [0.1, 0.15) is 11.0 Å². The zero-order valence-corrected chi connectivity index (χ0v) is 19.7. The summed E-state index contributed by atoms with van der Waals surface area (Å²) in [5, 5.41) is 17.7. The van der Waals surface area contributed by atoms with Gasteiger partial charge in [-0.1, -0.05) is 13.8 Å². The fourth-order valence-electron chi connectivity index (χ4n) is 4.15. The molecular formula is C21H33BrN6O2. The van der Waals surface area contributed by atoms with Crippen molar-refractivity contribution in [1.82, 2.24) is 19.7 Å². The molecule has 2 unspecified atom stereocenters. The Kier molecular flexibility index (Phi) is 6.79. The number of aromatic nitrogens is 4. The number of rotatable bonds is 9. The van der Waals surface area contributed by atoms with Gasteiger partial charge in [0.05, 0.1) is 6.10 Å². The first-order chi connectivity index (χ1) is 14.5. The molecule has 1 saturated heterocycles. The smallest absolute Gasteiger partial charge is 0.228 e. The molecule has 30 heavy (non-hydrogen) atoms. The van der Waals surface area contributed by atoms with Gasteiger partial charge in [-0.3, -0.25) is 4.68 Å². The number of aliphatic hydroxyl groups is 1. The SMILES string of the molecule is CC(C)COC1CCCN(c2nc(NCC(CO)C3CC3)c3c(n2)c(Br)nn3C)C1. The van der Waals surface area contributed by atoms with Crippen LogP contribution in [0.2, 0.25) is 0 Å². The summed E-state index contributed by atoms with van der Waals surface area (Å²) in [6.45, 7) is 7.77. The summed E-state index contributed by atoms with van der Waals surface area (Å²) in [5.41, 5.74) is 1.69. The Hall–Kier alpha value is -1.45. The highest BCUT2D eigenvalue weighted by Crippen LogP contribution is 2.37. The van der Waals surface area contributed by atoms with Gasteiger partial charge in [0, 0.05) is 45.8 Å². The normalized spacial score (nSPS) is 20.9. The first-order valence-corrected chi connectivity index (χ1v) is 11.9. The molecule has 2 aromatic heterocycles. The molecule has 0 amide bonds. The minimum atomic E-state index is 0.203. The van der Waals surface area contributed by atoms with Crippen LogP contribution in [0.5, 0.6) is 0 Å². The van der Waals surface area contributed by atoms with Gasteiger partial charge >= 0.3 is 0 Å². The lowest BCUT2D eigenvalue weighted by atomic mass is 10.1. The molecule has 8 nitrogen and oxygen atoms in total. The fourth-order valence-corrected chi connectivity index (χ4v) is 4.66. The molecule has 1 aliphatic carbocycles. The highest BCUT2D eigenvalue weighted by atomic mass is 79.9. The molecule has 2 aromatic rings. The predicted molar refractivity (Wildman–Crippen MR) is 122 cm³/mol. The van der Waals surface area contributed by atoms with Gasteiger partial charge in [0.2, 0.25) is 5.95 Å². The molecular weight excluding hydrogens is 448 g/mol. The van der Waals surface area contributed by atoms with Crippen LogP contribution in [-0.4, -0.2) is 63.8 Å². The third-order valence-electron chi connectivity index (χ3n) is 6.01. The van der Waals surface area contributed by atoms with Crippen LogP contribution >= 0.6 is 15.9 Å². The molecule has 0 bridgehead atoms. The quantitative estimate of drug-likeness (QED) is 0.569. The maximum absolute atomic E-state index is 9.74. The number of fused-ring (bicyclic) bond motifs is 1. The highest BCUT2D eigenvalue weighted by Gasteiger charge is 2.31. The topological polar surface area (TPSA) is 88.3 Å². The number of anilines is 2. The van der Waals surface area contributed by atoms with E-state index < -0.39 is 0 Å². The number of nitrogens with one attached hydrogen (secondary N) is 1. The third-order valence-corrected chi connectivity index (χ3v) is 6.54. The van der Waals surface area contributed by atoms with Crippen molar-refractivity contribution in [1.29, 1.82) is 0 Å². The van der Waals surface area contributed by atoms with E-state index in [2.05, 4.69) is 45.1 Å². The average molecular weight is 481 g/mol. The molecule has 2 aliphatic rings.